The summed E-state index contributed by atoms with van der Waals surface area (Å²) in [5, 5.41) is 2.60. The Hall–Kier alpha value is -1.33. The summed E-state index contributed by atoms with van der Waals surface area (Å²) in [6, 6.07) is -0.193. The van der Waals surface area contributed by atoms with Crippen LogP contribution >= 0.6 is 0 Å². The maximum Gasteiger partial charge on any atom is 0.253 e. The highest BCUT2D eigenvalue weighted by Crippen LogP contribution is 2.32. The molecule has 0 aromatic carbocycles. The van der Waals surface area contributed by atoms with Crippen LogP contribution in [0.25, 0.3) is 0 Å². The Morgan fingerprint density at radius 1 is 1.00 bits per heavy atom. The van der Waals surface area contributed by atoms with E-state index in [1.165, 1.54) is 0 Å². The van der Waals surface area contributed by atoms with E-state index >= 15 is 0 Å². The van der Waals surface area contributed by atoms with Gasteiger partial charge in [-0.25, -0.2) is 0 Å². The largest absolute Gasteiger partial charge is 0.377 e. The number of anilines is 1. The van der Waals surface area contributed by atoms with Crippen LogP contribution in [0.2, 0.25) is 0 Å². The van der Waals surface area contributed by atoms with Gasteiger partial charge in [0, 0.05) is 6.04 Å². The van der Waals surface area contributed by atoms with Gasteiger partial charge in [-0.15, -0.1) is 0 Å². The van der Waals surface area contributed by atoms with Gasteiger partial charge >= 0.3 is 0 Å². The van der Waals surface area contributed by atoms with Crippen LogP contribution in [0, 0.1) is 35.4 Å². The van der Waals surface area contributed by atoms with Crippen molar-refractivity contribution in [2.75, 3.05) is 5.32 Å². The lowest BCUT2D eigenvalue weighted by molar-refractivity contribution is 0.274. The summed E-state index contributed by atoms with van der Waals surface area (Å²) >= 11 is 0. The van der Waals surface area contributed by atoms with Crippen molar-refractivity contribution < 1.29 is 17.6 Å². The van der Waals surface area contributed by atoms with E-state index in [1.807, 2.05) is 6.92 Å². The van der Waals surface area contributed by atoms with Crippen molar-refractivity contribution >= 4 is 5.69 Å². The van der Waals surface area contributed by atoms with Gasteiger partial charge in [0.2, 0.25) is 11.6 Å². The first-order chi connectivity index (χ1) is 8.90. The van der Waals surface area contributed by atoms with Crippen LogP contribution in [0.5, 0.6) is 0 Å². The summed E-state index contributed by atoms with van der Waals surface area (Å²) in [7, 11) is 0. The van der Waals surface area contributed by atoms with Gasteiger partial charge in [-0.05, 0) is 31.1 Å². The fourth-order valence-electron chi connectivity index (χ4n) is 2.68. The first kappa shape index (κ1) is 14.1. The van der Waals surface area contributed by atoms with Crippen LogP contribution in [0.1, 0.15) is 33.1 Å². The molecule has 106 valence electrons. The van der Waals surface area contributed by atoms with E-state index in [9.17, 15) is 17.6 Å². The van der Waals surface area contributed by atoms with Crippen molar-refractivity contribution in [3.05, 3.63) is 23.5 Å². The van der Waals surface area contributed by atoms with E-state index in [0.717, 1.165) is 12.8 Å². The lowest BCUT2D eigenvalue weighted by Gasteiger charge is -2.33. The molecule has 1 saturated carbocycles. The number of pyridine rings is 1. The molecule has 0 amide bonds. The second kappa shape index (κ2) is 5.35. The quantitative estimate of drug-likeness (QED) is 0.655. The predicted molar refractivity (Wildman–Crippen MR) is 63.7 cm³/mol. The molecule has 3 atom stereocenters. The van der Waals surface area contributed by atoms with E-state index in [2.05, 4.69) is 17.2 Å². The second-order valence-electron chi connectivity index (χ2n) is 5.34. The highest BCUT2D eigenvalue weighted by Gasteiger charge is 2.29. The molecule has 1 aromatic rings. The highest BCUT2D eigenvalue weighted by molar-refractivity contribution is 5.46. The number of halogens is 4. The Balaban J connectivity index is 2.24. The van der Waals surface area contributed by atoms with Crippen LogP contribution < -0.4 is 5.32 Å². The Bertz CT molecular complexity index is 452. The zero-order chi connectivity index (χ0) is 14.2. The average molecular weight is 276 g/mol. The molecule has 1 heterocycles. The zero-order valence-electron chi connectivity index (χ0n) is 10.8. The molecular formula is C13H16F4N2. The summed E-state index contributed by atoms with van der Waals surface area (Å²) in [6.07, 6.45) is 2.55. The van der Waals surface area contributed by atoms with Gasteiger partial charge in [-0.3, -0.25) is 0 Å². The summed E-state index contributed by atoms with van der Waals surface area (Å²) in [4.78, 5) is 2.53. The van der Waals surface area contributed by atoms with Crippen molar-refractivity contribution in [1.29, 1.82) is 0 Å². The van der Waals surface area contributed by atoms with Gasteiger partial charge in [0.1, 0.15) is 5.69 Å². The normalized spacial score (nSPS) is 27.4. The third-order valence-electron chi connectivity index (χ3n) is 3.76. The van der Waals surface area contributed by atoms with Crippen LogP contribution in [0.3, 0.4) is 0 Å². The van der Waals surface area contributed by atoms with E-state index in [0.29, 0.717) is 12.3 Å². The second-order valence-corrected chi connectivity index (χ2v) is 5.34. The van der Waals surface area contributed by atoms with Gasteiger partial charge in [0.25, 0.3) is 11.9 Å². The summed E-state index contributed by atoms with van der Waals surface area (Å²) < 4.78 is 53.0. The molecule has 1 aliphatic rings. The number of aromatic nitrogens is 1. The zero-order valence-corrected chi connectivity index (χ0v) is 10.8. The van der Waals surface area contributed by atoms with E-state index in [1.54, 1.807) is 0 Å². The van der Waals surface area contributed by atoms with Crippen LogP contribution in [-0.2, 0) is 0 Å². The van der Waals surface area contributed by atoms with E-state index in [-0.39, 0.29) is 12.0 Å². The molecular weight excluding hydrogens is 260 g/mol. The molecule has 3 unspecified atom stereocenters. The fourth-order valence-corrected chi connectivity index (χ4v) is 2.68. The summed E-state index contributed by atoms with van der Waals surface area (Å²) in [6.45, 7) is 4.07. The lowest BCUT2D eigenvalue weighted by Crippen LogP contribution is -2.34. The molecule has 1 fully saturated rings. The third kappa shape index (κ3) is 2.82. The van der Waals surface area contributed by atoms with Crippen LogP contribution in [-0.4, -0.2) is 11.0 Å². The lowest BCUT2D eigenvalue weighted by atomic mass is 9.80. The first-order valence-electron chi connectivity index (χ1n) is 6.36. The molecule has 0 aliphatic heterocycles. The monoisotopic (exact) mass is 276 g/mol. The van der Waals surface area contributed by atoms with E-state index < -0.39 is 29.2 Å². The molecule has 2 rings (SSSR count). The van der Waals surface area contributed by atoms with E-state index in [4.69, 9.17) is 0 Å². The Labute approximate surface area is 109 Å². The van der Waals surface area contributed by atoms with Gasteiger partial charge < -0.3 is 5.32 Å². The maximum absolute atomic E-state index is 13.5. The van der Waals surface area contributed by atoms with Crippen molar-refractivity contribution in [1.82, 2.24) is 4.98 Å². The van der Waals surface area contributed by atoms with Gasteiger partial charge in [-0.1, -0.05) is 13.8 Å². The maximum atomic E-state index is 13.5. The Morgan fingerprint density at radius 3 is 2.11 bits per heavy atom. The predicted octanol–water partition coefficient (Wildman–Crippen LogP) is 3.87. The minimum Gasteiger partial charge on any atom is -0.377 e. The summed E-state index contributed by atoms with van der Waals surface area (Å²) in [5.41, 5.74) is -0.753. The Morgan fingerprint density at radius 2 is 1.58 bits per heavy atom. The first-order valence-corrected chi connectivity index (χ1v) is 6.36. The standard InChI is InChI=1S/C13H16F4N2/c1-6-3-4-8(7(2)5-6)18-11-9(14)12(16)19-13(17)10(11)15/h6-8H,3-5H2,1-2H3,(H,18,19). The fraction of sp³-hybridized carbons (Fsp3) is 0.615. The summed E-state index contributed by atoms with van der Waals surface area (Å²) in [5.74, 6) is -5.46. The number of hydrogen-bond donors (Lipinski definition) is 1. The Kier molecular flexibility index (Phi) is 3.96. The molecule has 2 nitrogen and oxygen atoms in total. The SMILES string of the molecule is CC1CCC(Nc2c(F)c(F)nc(F)c2F)C(C)C1. The van der Waals surface area contributed by atoms with Gasteiger partial charge in [-0.2, -0.15) is 22.5 Å². The molecule has 1 aliphatic carbocycles. The number of hydrogen-bond acceptors (Lipinski definition) is 2. The average Bonchev–Trinajstić information content (AvgIpc) is 2.34. The van der Waals surface area contributed by atoms with Gasteiger partial charge in [0.15, 0.2) is 0 Å². The van der Waals surface area contributed by atoms with Gasteiger partial charge in [0.05, 0.1) is 0 Å². The topological polar surface area (TPSA) is 24.9 Å². The van der Waals surface area contributed by atoms with Crippen molar-refractivity contribution in [3.63, 3.8) is 0 Å². The highest BCUT2D eigenvalue weighted by atomic mass is 19.2. The molecule has 1 N–H and O–H groups in total. The molecule has 0 bridgehead atoms. The number of rotatable bonds is 2. The van der Waals surface area contributed by atoms with Crippen molar-refractivity contribution in [2.45, 2.75) is 39.2 Å². The molecule has 19 heavy (non-hydrogen) atoms. The third-order valence-corrected chi connectivity index (χ3v) is 3.76. The minimum absolute atomic E-state index is 0.182. The minimum atomic E-state index is -1.63. The smallest absolute Gasteiger partial charge is 0.253 e. The van der Waals surface area contributed by atoms with Crippen LogP contribution in [0.15, 0.2) is 0 Å². The van der Waals surface area contributed by atoms with Crippen LogP contribution in [0.4, 0.5) is 23.2 Å². The molecule has 1 aromatic heterocycles. The molecule has 6 heteroatoms. The van der Waals surface area contributed by atoms with Crippen molar-refractivity contribution in [3.8, 4) is 0 Å². The molecule has 0 radical (unpaired) electrons. The number of nitrogens with one attached hydrogen (secondary N) is 1. The van der Waals surface area contributed by atoms with Crippen molar-refractivity contribution in [2.24, 2.45) is 11.8 Å². The number of nitrogens with zero attached hydrogens (tertiary/aromatic N) is 1. The molecule has 0 saturated heterocycles. The molecule has 0 spiro atoms.